The van der Waals surface area contributed by atoms with Crippen molar-refractivity contribution < 1.29 is 19.1 Å². The number of hydrogen-bond acceptors (Lipinski definition) is 6. The molecule has 0 fully saturated rings. The molecule has 0 radical (unpaired) electrons. The predicted octanol–water partition coefficient (Wildman–Crippen LogP) is 4.80. The molecule has 0 saturated heterocycles. The van der Waals surface area contributed by atoms with E-state index in [0.29, 0.717) is 32.0 Å². The van der Waals surface area contributed by atoms with Crippen LogP contribution in [0, 0.1) is 0 Å². The van der Waals surface area contributed by atoms with Gasteiger partial charge in [0.05, 0.1) is 27.9 Å². The molecule has 27 heavy (non-hydrogen) atoms. The molecule has 3 rings (SSSR count). The molecule has 9 heteroatoms. The molecule has 0 spiro atoms. The highest BCUT2D eigenvalue weighted by molar-refractivity contribution is 7.22. The zero-order valence-electron chi connectivity index (χ0n) is 14.3. The second-order valence-corrected chi connectivity index (χ2v) is 7.39. The number of hydrogen-bond donors (Lipinski definition) is 1. The van der Waals surface area contributed by atoms with Gasteiger partial charge in [-0.25, -0.2) is 9.78 Å². The number of nitrogens with zero attached hydrogens (tertiary/aromatic N) is 1. The van der Waals surface area contributed by atoms with Gasteiger partial charge in [0.1, 0.15) is 5.75 Å². The molecule has 0 unspecified atom stereocenters. The quantitative estimate of drug-likeness (QED) is 0.595. The van der Waals surface area contributed by atoms with Crippen molar-refractivity contribution in [2.75, 3.05) is 12.4 Å². The number of benzene rings is 2. The van der Waals surface area contributed by atoms with Gasteiger partial charge in [-0.15, -0.1) is 0 Å². The molecule has 0 aliphatic heterocycles. The summed E-state index contributed by atoms with van der Waals surface area (Å²) in [6.45, 7) is 1.60. The summed E-state index contributed by atoms with van der Waals surface area (Å²) in [5.74, 6) is -0.457. The van der Waals surface area contributed by atoms with Crippen LogP contribution < -0.4 is 10.1 Å². The second-order valence-electron chi connectivity index (χ2n) is 5.52. The number of rotatable bonds is 5. The number of thiazole rings is 1. The topological polar surface area (TPSA) is 77.5 Å². The van der Waals surface area contributed by atoms with Crippen molar-refractivity contribution in [3.63, 3.8) is 0 Å². The molecule has 1 amide bonds. The van der Waals surface area contributed by atoms with Crippen LogP contribution in [0.5, 0.6) is 5.75 Å². The molecule has 1 atom stereocenters. The summed E-state index contributed by atoms with van der Waals surface area (Å²) in [5.41, 5.74) is 1.08. The first-order valence-electron chi connectivity index (χ1n) is 7.79. The van der Waals surface area contributed by atoms with Crippen LogP contribution in [0.1, 0.15) is 17.3 Å². The van der Waals surface area contributed by atoms with E-state index in [1.165, 1.54) is 24.5 Å². The van der Waals surface area contributed by atoms with Gasteiger partial charge in [-0.1, -0.05) is 34.5 Å². The van der Waals surface area contributed by atoms with Gasteiger partial charge in [-0.2, -0.15) is 0 Å². The maximum atomic E-state index is 12.4. The largest absolute Gasteiger partial charge is 0.479 e. The fourth-order valence-corrected chi connectivity index (χ4v) is 3.61. The first-order valence-corrected chi connectivity index (χ1v) is 9.36. The summed E-state index contributed by atoms with van der Waals surface area (Å²) >= 11 is 13.1. The Morgan fingerprint density at radius 2 is 1.96 bits per heavy atom. The van der Waals surface area contributed by atoms with Crippen LogP contribution in [0.3, 0.4) is 0 Å². The number of fused-ring (bicyclic) bond motifs is 1. The molecule has 0 aliphatic carbocycles. The first-order chi connectivity index (χ1) is 12.9. The van der Waals surface area contributed by atoms with Crippen LogP contribution in [-0.2, 0) is 9.53 Å². The number of methoxy groups -OCH3 is 1. The van der Waals surface area contributed by atoms with E-state index in [4.69, 9.17) is 32.7 Å². The van der Waals surface area contributed by atoms with Gasteiger partial charge in [0.2, 0.25) is 0 Å². The van der Waals surface area contributed by atoms with Gasteiger partial charge < -0.3 is 9.47 Å². The van der Waals surface area contributed by atoms with E-state index in [-0.39, 0.29) is 5.91 Å². The normalized spacial score (nSPS) is 11.9. The van der Waals surface area contributed by atoms with Gasteiger partial charge in [0.25, 0.3) is 5.91 Å². The number of carbonyl (C=O) groups is 2. The third-order valence-electron chi connectivity index (χ3n) is 3.61. The molecule has 0 aliphatic rings. The summed E-state index contributed by atoms with van der Waals surface area (Å²) in [6.07, 6.45) is -0.804. The van der Waals surface area contributed by atoms with Crippen LogP contribution in [0.25, 0.3) is 10.2 Å². The van der Waals surface area contributed by atoms with E-state index < -0.39 is 12.1 Å². The second kappa shape index (κ2) is 8.12. The Labute approximate surface area is 169 Å². The molecule has 6 nitrogen and oxygen atoms in total. The minimum atomic E-state index is -0.804. The van der Waals surface area contributed by atoms with E-state index in [2.05, 4.69) is 10.3 Å². The van der Waals surface area contributed by atoms with Gasteiger partial charge in [-0.05, 0) is 43.3 Å². The lowest BCUT2D eigenvalue weighted by Gasteiger charge is -2.14. The SMILES string of the molecule is COC(=O)c1ccc2nc(NC(=O)[C@H](C)Oc3ccc(Cl)cc3Cl)sc2c1. The van der Waals surface area contributed by atoms with E-state index in [1.54, 1.807) is 37.3 Å². The number of halogens is 2. The van der Waals surface area contributed by atoms with E-state index in [0.717, 1.165) is 4.70 Å². The Balaban J connectivity index is 1.72. The average molecular weight is 425 g/mol. The number of aromatic nitrogens is 1. The summed E-state index contributed by atoms with van der Waals surface area (Å²) in [7, 11) is 1.32. The number of nitrogens with one attached hydrogen (secondary N) is 1. The highest BCUT2D eigenvalue weighted by Crippen LogP contribution is 2.29. The highest BCUT2D eigenvalue weighted by atomic mass is 35.5. The molecule has 1 N–H and O–H groups in total. The van der Waals surface area contributed by atoms with E-state index in [9.17, 15) is 9.59 Å². The van der Waals surface area contributed by atoms with Gasteiger partial charge in [0, 0.05) is 5.02 Å². The zero-order valence-corrected chi connectivity index (χ0v) is 16.6. The first kappa shape index (κ1) is 19.4. The Bertz CT molecular complexity index is 1020. The minimum Gasteiger partial charge on any atom is -0.479 e. The minimum absolute atomic E-state index is 0.317. The molecule has 1 heterocycles. The standard InChI is InChI=1S/C18H14Cl2N2O4S/c1-9(26-14-6-4-11(19)8-12(14)20)16(23)22-18-21-13-5-3-10(17(24)25-2)7-15(13)27-18/h3-9H,1-2H3,(H,21,22,23)/t9-/m0/s1. The van der Waals surface area contributed by atoms with Crippen molar-refractivity contribution in [2.45, 2.75) is 13.0 Å². The maximum Gasteiger partial charge on any atom is 0.337 e. The highest BCUT2D eigenvalue weighted by Gasteiger charge is 2.18. The van der Waals surface area contributed by atoms with Crippen molar-refractivity contribution >= 4 is 61.8 Å². The molecule has 0 saturated carbocycles. The number of ether oxygens (including phenoxy) is 2. The number of anilines is 1. The Morgan fingerprint density at radius 3 is 2.67 bits per heavy atom. The van der Waals surface area contributed by atoms with Gasteiger partial charge >= 0.3 is 5.97 Å². The van der Waals surface area contributed by atoms with Gasteiger partial charge in [-0.3, -0.25) is 10.1 Å². The lowest BCUT2D eigenvalue weighted by atomic mass is 10.2. The van der Waals surface area contributed by atoms with Crippen molar-refractivity contribution in [1.29, 1.82) is 0 Å². The summed E-state index contributed by atoms with van der Waals surface area (Å²) in [4.78, 5) is 28.3. The number of carbonyl (C=O) groups excluding carboxylic acids is 2. The predicted molar refractivity (Wildman–Crippen MR) is 106 cm³/mol. The lowest BCUT2D eigenvalue weighted by molar-refractivity contribution is -0.122. The van der Waals surface area contributed by atoms with Crippen molar-refractivity contribution in [2.24, 2.45) is 0 Å². The lowest BCUT2D eigenvalue weighted by Crippen LogP contribution is -2.30. The van der Waals surface area contributed by atoms with Gasteiger partial charge in [0.15, 0.2) is 11.2 Å². The molecular weight excluding hydrogens is 411 g/mol. The molecular formula is C18H14Cl2N2O4S. The fraction of sp³-hybridized carbons (Fsp3) is 0.167. The summed E-state index contributed by atoms with van der Waals surface area (Å²) in [6, 6.07) is 9.74. The molecule has 0 bridgehead atoms. The zero-order chi connectivity index (χ0) is 19.6. The maximum absolute atomic E-state index is 12.4. The molecule has 3 aromatic rings. The Kier molecular flexibility index (Phi) is 5.84. The Hall–Kier alpha value is -2.35. The van der Waals surface area contributed by atoms with Crippen LogP contribution in [0.15, 0.2) is 36.4 Å². The van der Waals surface area contributed by atoms with Crippen molar-refractivity contribution in [3.8, 4) is 5.75 Å². The molecule has 2 aromatic carbocycles. The smallest absolute Gasteiger partial charge is 0.337 e. The van der Waals surface area contributed by atoms with Crippen LogP contribution >= 0.6 is 34.5 Å². The van der Waals surface area contributed by atoms with Crippen LogP contribution in [-0.4, -0.2) is 30.1 Å². The summed E-state index contributed by atoms with van der Waals surface area (Å²) in [5, 5.41) is 3.90. The monoisotopic (exact) mass is 424 g/mol. The third kappa shape index (κ3) is 4.50. The van der Waals surface area contributed by atoms with Crippen molar-refractivity contribution in [3.05, 3.63) is 52.0 Å². The van der Waals surface area contributed by atoms with Crippen LogP contribution in [0.4, 0.5) is 5.13 Å². The molecule has 140 valence electrons. The fourth-order valence-electron chi connectivity index (χ4n) is 2.24. The van der Waals surface area contributed by atoms with Crippen molar-refractivity contribution in [1.82, 2.24) is 4.98 Å². The Morgan fingerprint density at radius 1 is 1.19 bits per heavy atom. The van der Waals surface area contributed by atoms with E-state index in [1.807, 2.05) is 0 Å². The van der Waals surface area contributed by atoms with E-state index >= 15 is 0 Å². The average Bonchev–Trinajstić information content (AvgIpc) is 3.04. The number of esters is 1. The third-order valence-corrected chi connectivity index (χ3v) is 5.07. The van der Waals surface area contributed by atoms with Crippen LogP contribution in [0.2, 0.25) is 10.0 Å². The summed E-state index contributed by atoms with van der Waals surface area (Å²) < 4.78 is 11.0. The molecule has 1 aromatic heterocycles. The number of amides is 1.